The molecule has 1 aromatic heterocycles. The maximum atomic E-state index is 10.7. The molecule has 1 aliphatic rings. The number of benzene rings is 1. The van der Waals surface area contributed by atoms with Gasteiger partial charge in [-0.3, -0.25) is 9.58 Å². The number of nitrogens with zero attached hydrogens (tertiary/aromatic N) is 4. The molecule has 2 aromatic rings. The quantitative estimate of drug-likeness (QED) is 0.213. The molecule has 0 fully saturated rings. The van der Waals surface area contributed by atoms with Crippen LogP contribution < -0.4 is 10.6 Å². The molecule has 3 N–H and O–H groups in total. The summed E-state index contributed by atoms with van der Waals surface area (Å²) in [6.07, 6.45) is 5.70. The van der Waals surface area contributed by atoms with Gasteiger partial charge in [0.25, 0.3) is 0 Å². The number of aliphatic hydroxyl groups is 1. The van der Waals surface area contributed by atoms with Crippen molar-refractivity contribution in [2.75, 3.05) is 32.7 Å². The van der Waals surface area contributed by atoms with Crippen LogP contribution in [0.5, 0.6) is 0 Å². The van der Waals surface area contributed by atoms with Crippen LogP contribution >= 0.6 is 24.0 Å². The molecule has 166 valence electrons. The highest BCUT2D eigenvalue weighted by molar-refractivity contribution is 14.0. The topological polar surface area (TPSA) is 77.7 Å². The first-order valence-electron chi connectivity index (χ1n) is 10.5. The minimum Gasteiger partial charge on any atom is -0.383 e. The van der Waals surface area contributed by atoms with Crippen molar-refractivity contribution in [3.8, 4) is 0 Å². The molecule has 0 radical (unpaired) electrons. The Morgan fingerprint density at radius 1 is 1.27 bits per heavy atom. The van der Waals surface area contributed by atoms with E-state index < -0.39 is 5.60 Å². The van der Waals surface area contributed by atoms with Gasteiger partial charge in [-0.25, -0.2) is 4.99 Å². The van der Waals surface area contributed by atoms with E-state index in [4.69, 9.17) is 0 Å². The van der Waals surface area contributed by atoms with E-state index in [0.717, 1.165) is 57.1 Å². The van der Waals surface area contributed by atoms with Gasteiger partial charge in [0.2, 0.25) is 0 Å². The summed E-state index contributed by atoms with van der Waals surface area (Å²) in [4.78, 5) is 7.09. The van der Waals surface area contributed by atoms with Crippen LogP contribution in [0.4, 0.5) is 0 Å². The highest BCUT2D eigenvalue weighted by atomic mass is 127. The smallest absolute Gasteiger partial charge is 0.191 e. The lowest BCUT2D eigenvalue weighted by atomic mass is 10.00. The fraction of sp³-hybridized carbons (Fsp3) is 0.545. The third kappa shape index (κ3) is 6.95. The van der Waals surface area contributed by atoms with Gasteiger partial charge < -0.3 is 15.7 Å². The zero-order valence-electron chi connectivity index (χ0n) is 18.3. The number of fused-ring (bicyclic) bond motifs is 1. The second-order valence-corrected chi connectivity index (χ2v) is 7.95. The summed E-state index contributed by atoms with van der Waals surface area (Å²) in [5, 5.41) is 21.5. The van der Waals surface area contributed by atoms with E-state index in [9.17, 15) is 5.11 Å². The molecule has 3 rings (SSSR count). The summed E-state index contributed by atoms with van der Waals surface area (Å²) in [6, 6.07) is 8.74. The summed E-state index contributed by atoms with van der Waals surface area (Å²) < 4.78 is 1.69. The van der Waals surface area contributed by atoms with Gasteiger partial charge in [-0.2, -0.15) is 5.10 Å². The van der Waals surface area contributed by atoms with Crippen LogP contribution in [0.2, 0.25) is 0 Å². The normalized spacial score (nSPS) is 16.3. The number of hydrogen-bond donors (Lipinski definition) is 3. The summed E-state index contributed by atoms with van der Waals surface area (Å²) in [7, 11) is 1.84. The van der Waals surface area contributed by atoms with Crippen molar-refractivity contribution in [2.45, 2.75) is 38.8 Å². The van der Waals surface area contributed by atoms with E-state index in [0.29, 0.717) is 0 Å². The Morgan fingerprint density at radius 3 is 2.73 bits per heavy atom. The second kappa shape index (κ2) is 11.7. The average Bonchev–Trinajstić information content (AvgIpc) is 3.16. The summed E-state index contributed by atoms with van der Waals surface area (Å²) in [6.45, 7) is 8.94. The molecule has 0 bridgehead atoms. The maximum Gasteiger partial charge on any atom is 0.191 e. The fourth-order valence-electron chi connectivity index (χ4n) is 3.62. The van der Waals surface area contributed by atoms with E-state index in [1.165, 1.54) is 11.1 Å². The molecule has 1 unspecified atom stereocenters. The highest BCUT2D eigenvalue weighted by Crippen LogP contribution is 2.20. The summed E-state index contributed by atoms with van der Waals surface area (Å²) in [5.41, 5.74) is 2.67. The first-order chi connectivity index (χ1) is 14.0. The number of aliphatic imine (C=N–C) groups is 1. The van der Waals surface area contributed by atoms with E-state index in [2.05, 4.69) is 49.9 Å². The Kier molecular flexibility index (Phi) is 9.57. The van der Waals surface area contributed by atoms with Crippen molar-refractivity contribution >= 4 is 29.9 Å². The van der Waals surface area contributed by atoms with Gasteiger partial charge in [-0.05, 0) is 37.8 Å². The second-order valence-electron chi connectivity index (χ2n) is 7.95. The van der Waals surface area contributed by atoms with Crippen molar-refractivity contribution in [1.82, 2.24) is 25.3 Å². The number of nitrogens with one attached hydrogen (secondary N) is 2. The first-order valence-corrected chi connectivity index (χ1v) is 10.5. The van der Waals surface area contributed by atoms with Crippen molar-refractivity contribution in [1.29, 1.82) is 0 Å². The zero-order valence-corrected chi connectivity index (χ0v) is 20.6. The largest absolute Gasteiger partial charge is 0.383 e. The molecule has 2 heterocycles. The van der Waals surface area contributed by atoms with Gasteiger partial charge in [0.1, 0.15) is 5.60 Å². The molecule has 0 saturated heterocycles. The minimum absolute atomic E-state index is 0. The van der Waals surface area contributed by atoms with Crippen LogP contribution in [0.1, 0.15) is 37.0 Å². The van der Waals surface area contributed by atoms with Crippen molar-refractivity contribution in [2.24, 2.45) is 12.0 Å². The average molecular weight is 526 g/mol. The SMILES string of the molecule is CCNC(=NCC(C)(O)c1cnn(C)c1)NCCCN1CCc2ccccc2C1.I. The lowest BCUT2D eigenvalue weighted by molar-refractivity contribution is 0.0672. The van der Waals surface area contributed by atoms with Crippen molar-refractivity contribution in [3.63, 3.8) is 0 Å². The van der Waals surface area contributed by atoms with Gasteiger partial charge in [0, 0.05) is 51.5 Å². The van der Waals surface area contributed by atoms with Crippen LogP contribution in [0, 0.1) is 0 Å². The van der Waals surface area contributed by atoms with Gasteiger partial charge >= 0.3 is 0 Å². The summed E-state index contributed by atoms with van der Waals surface area (Å²) >= 11 is 0. The molecular formula is C22H35IN6O. The third-order valence-corrected chi connectivity index (χ3v) is 5.37. The molecule has 1 atom stereocenters. The Labute approximate surface area is 197 Å². The van der Waals surface area contributed by atoms with Crippen LogP contribution in [-0.4, -0.2) is 58.5 Å². The van der Waals surface area contributed by atoms with E-state index in [1.807, 2.05) is 20.2 Å². The van der Waals surface area contributed by atoms with E-state index in [-0.39, 0.29) is 30.5 Å². The fourth-order valence-corrected chi connectivity index (χ4v) is 3.62. The molecule has 1 aromatic carbocycles. The van der Waals surface area contributed by atoms with Crippen molar-refractivity contribution < 1.29 is 5.11 Å². The van der Waals surface area contributed by atoms with Gasteiger partial charge in [-0.15, -0.1) is 24.0 Å². The Morgan fingerprint density at radius 2 is 2.03 bits per heavy atom. The predicted octanol–water partition coefficient (Wildman–Crippen LogP) is 2.25. The Balaban J connectivity index is 0.00000320. The van der Waals surface area contributed by atoms with Crippen molar-refractivity contribution in [3.05, 3.63) is 53.3 Å². The first kappa shape index (κ1) is 24.6. The molecular weight excluding hydrogens is 491 g/mol. The summed E-state index contributed by atoms with van der Waals surface area (Å²) in [5.74, 6) is 0.737. The van der Waals surface area contributed by atoms with Crippen LogP contribution in [-0.2, 0) is 25.6 Å². The Hall–Kier alpha value is -1.65. The van der Waals surface area contributed by atoms with Crippen LogP contribution in [0.15, 0.2) is 41.7 Å². The Bertz CT molecular complexity index is 819. The minimum atomic E-state index is -1.04. The van der Waals surface area contributed by atoms with E-state index >= 15 is 0 Å². The lowest BCUT2D eigenvalue weighted by Crippen LogP contribution is -2.40. The number of aromatic nitrogens is 2. The number of guanidine groups is 1. The molecule has 8 heteroatoms. The lowest BCUT2D eigenvalue weighted by Gasteiger charge is -2.28. The van der Waals surface area contributed by atoms with Crippen LogP contribution in [0.25, 0.3) is 0 Å². The highest BCUT2D eigenvalue weighted by Gasteiger charge is 2.24. The molecule has 0 saturated carbocycles. The molecule has 1 aliphatic heterocycles. The molecule has 30 heavy (non-hydrogen) atoms. The van der Waals surface area contributed by atoms with Crippen LogP contribution in [0.3, 0.4) is 0 Å². The van der Waals surface area contributed by atoms with Gasteiger partial charge in [-0.1, -0.05) is 24.3 Å². The van der Waals surface area contributed by atoms with Gasteiger partial charge in [0.15, 0.2) is 5.96 Å². The maximum absolute atomic E-state index is 10.7. The number of halogens is 1. The zero-order chi connectivity index (χ0) is 20.7. The van der Waals surface area contributed by atoms with Gasteiger partial charge in [0.05, 0.1) is 12.7 Å². The number of rotatable bonds is 8. The molecule has 0 spiro atoms. The third-order valence-electron chi connectivity index (χ3n) is 5.37. The molecule has 0 amide bonds. The predicted molar refractivity (Wildman–Crippen MR) is 132 cm³/mol. The van der Waals surface area contributed by atoms with E-state index in [1.54, 1.807) is 17.8 Å². The monoisotopic (exact) mass is 526 g/mol. The standard InChI is InChI=1S/C22H34N6O.HI/c1-4-23-21(25-17-22(2,29)20-14-26-27(3)16-20)24-11-7-12-28-13-10-18-8-5-6-9-19(18)15-28;/h5-6,8-9,14,16,29H,4,7,10-13,15,17H2,1-3H3,(H2,23,24,25);1H. The molecule has 0 aliphatic carbocycles. The molecule has 7 nitrogen and oxygen atoms in total. The number of aryl methyl sites for hydroxylation is 1. The number of hydrogen-bond acceptors (Lipinski definition) is 4.